The van der Waals surface area contributed by atoms with Crippen molar-refractivity contribution in [3.63, 3.8) is 0 Å². The van der Waals surface area contributed by atoms with Gasteiger partial charge in [-0.15, -0.1) is 0 Å². The van der Waals surface area contributed by atoms with E-state index in [1.165, 1.54) is 5.57 Å². The predicted octanol–water partition coefficient (Wildman–Crippen LogP) is 5.69. The van der Waals surface area contributed by atoms with Crippen LogP contribution >= 0.6 is 0 Å². The average Bonchev–Trinajstić information content (AvgIpc) is 2.80. The number of likely N-dealkylation sites (tertiary alicyclic amines) is 2. The lowest BCUT2D eigenvalue weighted by molar-refractivity contribution is -0.141. The van der Waals surface area contributed by atoms with Gasteiger partial charge in [0.1, 0.15) is 0 Å². The first kappa shape index (κ1) is 27.2. The van der Waals surface area contributed by atoms with Crippen molar-refractivity contribution in [2.24, 2.45) is 28.6 Å². The Balaban J connectivity index is 1.28. The monoisotopic (exact) mass is 474 g/mol. The molecule has 0 aromatic heterocycles. The standard InChI is InChI=1S/C29H50N2O3/c1-28(2,3)25-9-7-24(8-10-25)26(32)30-16-11-22(12-17-30)15-20-34-21-23-13-18-31(19-14-23)27(33)29(4,5)6/h9,22-24H,7-8,10-21H2,1-6H3. The summed E-state index contributed by atoms with van der Waals surface area (Å²) < 4.78 is 6.06. The van der Waals surface area contributed by atoms with Crippen LogP contribution in [0.15, 0.2) is 11.6 Å². The summed E-state index contributed by atoms with van der Waals surface area (Å²) in [6.45, 7) is 18.0. The highest BCUT2D eigenvalue weighted by Gasteiger charge is 2.32. The van der Waals surface area contributed by atoms with Crippen molar-refractivity contribution in [2.75, 3.05) is 39.4 Å². The van der Waals surface area contributed by atoms with Crippen LogP contribution in [0.1, 0.15) is 92.9 Å². The second-order valence-electron chi connectivity index (χ2n) is 13.1. The molecule has 0 bridgehead atoms. The highest BCUT2D eigenvalue weighted by atomic mass is 16.5. The van der Waals surface area contributed by atoms with Crippen LogP contribution in [0.4, 0.5) is 0 Å². The zero-order valence-electron chi connectivity index (χ0n) is 22.8. The third-order valence-electron chi connectivity index (χ3n) is 8.22. The largest absolute Gasteiger partial charge is 0.381 e. The van der Waals surface area contributed by atoms with Crippen molar-refractivity contribution < 1.29 is 14.3 Å². The van der Waals surface area contributed by atoms with E-state index in [2.05, 4.69) is 31.7 Å². The molecule has 2 amide bonds. The van der Waals surface area contributed by atoms with E-state index in [4.69, 9.17) is 4.74 Å². The van der Waals surface area contributed by atoms with Crippen molar-refractivity contribution >= 4 is 11.8 Å². The minimum absolute atomic E-state index is 0.191. The maximum Gasteiger partial charge on any atom is 0.227 e. The minimum atomic E-state index is -0.285. The molecule has 0 spiro atoms. The van der Waals surface area contributed by atoms with Gasteiger partial charge in [-0.1, -0.05) is 53.2 Å². The second-order valence-corrected chi connectivity index (χ2v) is 13.1. The van der Waals surface area contributed by atoms with Gasteiger partial charge in [0, 0.05) is 50.7 Å². The normalized spacial score (nSPS) is 23.7. The first-order valence-electron chi connectivity index (χ1n) is 13.8. The summed E-state index contributed by atoms with van der Waals surface area (Å²) in [5.74, 6) is 2.10. The van der Waals surface area contributed by atoms with Crippen molar-refractivity contribution in [1.29, 1.82) is 0 Å². The molecule has 3 rings (SSSR count). The van der Waals surface area contributed by atoms with Crippen molar-refractivity contribution in [1.82, 2.24) is 9.80 Å². The molecular weight excluding hydrogens is 424 g/mol. The highest BCUT2D eigenvalue weighted by molar-refractivity contribution is 5.81. The molecule has 2 fully saturated rings. The molecule has 2 saturated heterocycles. The van der Waals surface area contributed by atoms with Crippen molar-refractivity contribution in [2.45, 2.75) is 92.9 Å². The summed E-state index contributed by atoms with van der Waals surface area (Å²) in [6, 6.07) is 0. The van der Waals surface area contributed by atoms with Crippen LogP contribution in [-0.4, -0.2) is 61.0 Å². The SMILES string of the molecule is CC(C)(C)C(=O)N1CCC(COCCC2CCN(C(=O)C3CC=C(C(C)(C)C)CC3)CC2)CC1. The van der Waals surface area contributed by atoms with E-state index in [1.807, 2.05) is 25.7 Å². The Labute approximate surface area is 208 Å². The Morgan fingerprint density at radius 1 is 0.882 bits per heavy atom. The smallest absolute Gasteiger partial charge is 0.227 e. The Hall–Kier alpha value is -1.36. The molecule has 3 aliphatic rings. The van der Waals surface area contributed by atoms with Gasteiger partial charge in [-0.25, -0.2) is 0 Å². The third-order valence-corrected chi connectivity index (χ3v) is 8.22. The molecule has 34 heavy (non-hydrogen) atoms. The first-order valence-corrected chi connectivity index (χ1v) is 13.8. The number of hydrogen-bond donors (Lipinski definition) is 0. The molecule has 0 aromatic carbocycles. The van der Waals surface area contributed by atoms with E-state index in [0.29, 0.717) is 17.7 Å². The molecule has 5 nitrogen and oxygen atoms in total. The molecule has 5 heteroatoms. The summed E-state index contributed by atoms with van der Waals surface area (Å²) >= 11 is 0. The van der Waals surface area contributed by atoms with Crippen LogP contribution in [0.5, 0.6) is 0 Å². The van der Waals surface area contributed by atoms with Crippen molar-refractivity contribution in [3.8, 4) is 0 Å². The van der Waals surface area contributed by atoms with Gasteiger partial charge >= 0.3 is 0 Å². The van der Waals surface area contributed by atoms with E-state index in [0.717, 1.165) is 90.8 Å². The summed E-state index contributed by atoms with van der Waals surface area (Å²) in [5, 5.41) is 0. The topological polar surface area (TPSA) is 49.9 Å². The number of amides is 2. The molecule has 1 aliphatic carbocycles. The van der Waals surface area contributed by atoms with Crippen LogP contribution in [0.2, 0.25) is 0 Å². The second kappa shape index (κ2) is 11.6. The Bertz CT molecular complexity index is 715. The number of carbonyl (C=O) groups excluding carboxylic acids is 2. The van der Waals surface area contributed by atoms with Gasteiger partial charge in [0.25, 0.3) is 0 Å². The lowest BCUT2D eigenvalue weighted by Crippen LogP contribution is -2.44. The molecule has 1 atom stereocenters. The van der Waals surface area contributed by atoms with Crippen LogP contribution in [0, 0.1) is 28.6 Å². The zero-order valence-corrected chi connectivity index (χ0v) is 22.8. The first-order chi connectivity index (χ1) is 15.9. The Kier molecular flexibility index (Phi) is 9.28. The number of hydrogen-bond acceptors (Lipinski definition) is 3. The highest BCUT2D eigenvalue weighted by Crippen LogP contribution is 2.36. The lowest BCUT2D eigenvalue weighted by atomic mass is 9.77. The fraction of sp³-hybridized carbons (Fsp3) is 0.862. The number of allylic oxidation sites excluding steroid dienone is 2. The van der Waals surface area contributed by atoms with E-state index in [1.54, 1.807) is 0 Å². The summed E-state index contributed by atoms with van der Waals surface area (Å²) in [7, 11) is 0. The van der Waals surface area contributed by atoms with E-state index < -0.39 is 0 Å². The number of nitrogens with zero attached hydrogens (tertiary/aromatic N) is 2. The lowest BCUT2D eigenvalue weighted by Gasteiger charge is -2.36. The molecule has 0 N–H and O–H groups in total. The van der Waals surface area contributed by atoms with Crippen LogP contribution < -0.4 is 0 Å². The Morgan fingerprint density at radius 3 is 2.00 bits per heavy atom. The van der Waals surface area contributed by atoms with E-state index in [-0.39, 0.29) is 22.7 Å². The molecule has 2 heterocycles. The molecule has 194 valence electrons. The molecular formula is C29H50N2O3. The number of carbonyl (C=O) groups is 2. The van der Waals surface area contributed by atoms with E-state index in [9.17, 15) is 9.59 Å². The van der Waals surface area contributed by atoms with Crippen LogP contribution in [0.3, 0.4) is 0 Å². The maximum atomic E-state index is 13.0. The Morgan fingerprint density at radius 2 is 1.47 bits per heavy atom. The van der Waals surface area contributed by atoms with Gasteiger partial charge in [-0.2, -0.15) is 0 Å². The van der Waals surface area contributed by atoms with Gasteiger partial charge in [0.05, 0.1) is 0 Å². The van der Waals surface area contributed by atoms with Gasteiger partial charge in [-0.05, 0) is 68.6 Å². The van der Waals surface area contributed by atoms with Gasteiger partial charge in [0.2, 0.25) is 11.8 Å². The summed E-state index contributed by atoms with van der Waals surface area (Å²) in [6.07, 6.45) is 10.8. The fourth-order valence-electron chi connectivity index (χ4n) is 5.72. The van der Waals surface area contributed by atoms with Gasteiger partial charge in [-0.3, -0.25) is 9.59 Å². The maximum absolute atomic E-state index is 13.0. The third kappa shape index (κ3) is 7.57. The summed E-state index contributed by atoms with van der Waals surface area (Å²) in [4.78, 5) is 29.6. The predicted molar refractivity (Wildman–Crippen MR) is 138 cm³/mol. The molecule has 2 aliphatic heterocycles. The van der Waals surface area contributed by atoms with Crippen molar-refractivity contribution in [3.05, 3.63) is 11.6 Å². The zero-order chi connectivity index (χ0) is 24.9. The quantitative estimate of drug-likeness (QED) is 0.367. The van der Waals surface area contributed by atoms with Gasteiger partial charge < -0.3 is 14.5 Å². The number of rotatable bonds is 6. The van der Waals surface area contributed by atoms with Crippen LogP contribution in [-0.2, 0) is 14.3 Å². The van der Waals surface area contributed by atoms with Gasteiger partial charge in [0.15, 0.2) is 0 Å². The minimum Gasteiger partial charge on any atom is -0.381 e. The molecule has 0 aromatic rings. The molecule has 0 saturated carbocycles. The van der Waals surface area contributed by atoms with E-state index >= 15 is 0 Å². The molecule has 0 radical (unpaired) electrons. The van der Waals surface area contributed by atoms with Crippen LogP contribution in [0.25, 0.3) is 0 Å². The number of piperidine rings is 2. The summed E-state index contributed by atoms with van der Waals surface area (Å²) in [5.41, 5.74) is 1.46. The fourth-order valence-corrected chi connectivity index (χ4v) is 5.72. The average molecular weight is 475 g/mol. The number of ether oxygens (including phenoxy) is 1. The molecule has 1 unspecified atom stereocenters.